The van der Waals surface area contributed by atoms with E-state index in [9.17, 15) is 4.79 Å². The molecule has 1 rings (SSSR count). The molecule has 88 valence electrons. The number of aliphatic hydroxyl groups is 1. The van der Waals surface area contributed by atoms with Crippen molar-refractivity contribution in [3.05, 3.63) is 0 Å². The molecule has 0 aromatic rings. The number of rotatable bonds is 4. The Bertz CT molecular complexity index is 174. The molecule has 0 saturated heterocycles. The third kappa shape index (κ3) is 5.78. The number of hydrogen-bond acceptors (Lipinski definition) is 2. The molecule has 3 nitrogen and oxygen atoms in total. The first-order chi connectivity index (χ1) is 7.33. The number of amides is 1. The van der Waals surface area contributed by atoms with Gasteiger partial charge in [-0.2, -0.15) is 0 Å². The van der Waals surface area contributed by atoms with Crippen LogP contribution >= 0.6 is 0 Å². The molecule has 0 radical (unpaired) electrons. The van der Waals surface area contributed by atoms with Crippen molar-refractivity contribution in [1.82, 2.24) is 5.32 Å². The second-order valence-electron chi connectivity index (χ2n) is 4.49. The lowest BCUT2D eigenvalue weighted by molar-refractivity contribution is -0.122. The van der Waals surface area contributed by atoms with Gasteiger partial charge in [0.1, 0.15) is 0 Å². The third-order valence-electron chi connectivity index (χ3n) is 3.13. The Hall–Kier alpha value is -0.570. The molecule has 0 heterocycles. The molecule has 0 aromatic heterocycles. The molecule has 0 aromatic carbocycles. The first-order valence-electron chi connectivity index (χ1n) is 6.20. The van der Waals surface area contributed by atoms with E-state index in [4.69, 9.17) is 5.11 Å². The molecular weight excluding hydrogens is 190 g/mol. The first-order valence-corrected chi connectivity index (χ1v) is 6.20. The number of aliphatic hydroxyl groups excluding tert-OH is 1. The molecule has 1 aliphatic rings. The number of carbonyl (C=O) groups excluding carboxylic acids is 1. The highest BCUT2D eigenvalue weighted by molar-refractivity contribution is 5.76. The normalized spacial score (nSPS) is 19.3. The zero-order valence-corrected chi connectivity index (χ0v) is 9.50. The smallest absolute Gasteiger partial charge is 0.220 e. The molecule has 0 bridgehead atoms. The Morgan fingerprint density at radius 3 is 2.33 bits per heavy atom. The molecule has 1 saturated carbocycles. The van der Waals surface area contributed by atoms with Gasteiger partial charge in [0.05, 0.1) is 6.61 Å². The van der Waals surface area contributed by atoms with Gasteiger partial charge in [0, 0.05) is 13.0 Å². The first kappa shape index (κ1) is 12.5. The van der Waals surface area contributed by atoms with Crippen molar-refractivity contribution in [2.75, 3.05) is 13.2 Å². The van der Waals surface area contributed by atoms with Gasteiger partial charge in [0.2, 0.25) is 5.91 Å². The highest BCUT2D eigenvalue weighted by atomic mass is 16.3. The summed E-state index contributed by atoms with van der Waals surface area (Å²) in [6, 6.07) is 0. The van der Waals surface area contributed by atoms with Crippen LogP contribution in [0.2, 0.25) is 0 Å². The maximum Gasteiger partial charge on any atom is 0.220 e. The van der Waals surface area contributed by atoms with Crippen LogP contribution in [0.3, 0.4) is 0 Å². The van der Waals surface area contributed by atoms with Gasteiger partial charge in [-0.3, -0.25) is 4.79 Å². The van der Waals surface area contributed by atoms with Crippen molar-refractivity contribution in [3.8, 4) is 0 Å². The highest BCUT2D eigenvalue weighted by Crippen LogP contribution is 2.24. The van der Waals surface area contributed by atoms with E-state index in [0.29, 0.717) is 18.9 Å². The van der Waals surface area contributed by atoms with Crippen LogP contribution in [0, 0.1) is 5.92 Å². The maximum absolute atomic E-state index is 11.4. The summed E-state index contributed by atoms with van der Waals surface area (Å²) in [4.78, 5) is 11.4. The van der Waals surface area contributed by atoms with Gasteiger partial charge in [-0.25, -0.2) is 0 Å². The molecule has 0 unspecified atom stereocenters. The summed E-state index contributed by atoms with van der Waals surface area (Å²) in [5.74, 6) is 0.679. The van der Waals surface area contributed by atoms with E-state index in [1.807, 2.05) is 0 Å². The maximum atomic E-state index is 11.4. The summed E-state index contributed by atoms with van der Waals surface area (Å²) in [7, 11) is 0. The summed E-state index contributed by atoms with van der Waals surface area (Å²) in [6.07, 6.45) is 9.63. The van der Waals surface area contributed by atoms with Crippen LogP contribution in [0.15, 0.2) is 0 Å². The van der Waals surface area contributed by atoms with Gasteiger partial charge in [-0.05, 0) is 18.8 Å². The number of nitrogens with one attached hydrogen (secondary N) is 1. The molecule has 1 fully saturated rings. The molecular formula is C12H23NO2. The van der Waals surface area contributed by atoms with E-state index >= 15 is 0 Å². The largest absolute Gasteiger partial charge is 0.395 e. The SMILES string of the molecule is O=C(CC1CCCCCCC1)NCCO. The van der Waals surface area contributed by atoms with Gasteiger partial charge < -0.3 is 10.4 Å². The van der Waals surface area contributed by atoms with Crippen molar-refractivity contribution < 1.29 is 9.90 Å². The van der Waals surface area contributed by atoms with Crippen LogP contribution in [-0.4, -0.2) is 24.2 Å². The lowest BCUT2D eigenvalue weighted by Gasteiger charge is -2.18. The van der Waals surface area contributed by atoms with E-state index in [1.165, 1.54) is 44.9 Å². The molecule has 1 amide bonds. The Morgan fingerprint density at radius 1 is 1.13 bits per heavy atom. The average molecular weight is 213 g/mol. The minimum Gasteiger partial charge on any atom is -0.395 e. The van der Waals surface area contributed by atoms with Crippen molar-refractivity contribution in [2.24, 2.45) is 5.92 Å². The van der Waals surface area contributed by atoms with Crippen molar-refractivity contribution in [2.45, 2.75) is 51.4 Å². The standard InChI is InChI=1S/C12H23NO2/c14-9-8-13-12(15)10-11-6-4-2-1-3-5-7-11/h11,14H,1-10H2,(H,13,15). The van der Waals surface area contributed by atoms with Gasteiger partial charge in [-0.1, -0.05) is 32.1 Å². The molecule has 0 spiro atoms. The van der Waals surface area contributed by atoms with Crippen LogP contribution in [0.25, 0.3) is 0 Å². The zero-order chi connectivity index (χ0) is 10.9. The van der Waals surface area contributed by atoms with Crippen LogP contribution in [0.1, 0.15) is 51.4 Å². The monoisotopic (exact) mass is 213 g/mol. The Morgan fingerprint density at radius 2 is 1.73 bits per heavy atom. The lowest BCUT2D eigenvalue weighted by Crippen LogP contribution is -2.28. The average Bonchev–Trinajstić information content (AvgIpc) is 2.19. The lowest BCUT2D eigenvalue weighted by atomic mass is 9.89. The predicted molar refractivity (Wildman–Crippen MR) is 60.5 cm³/mol. The minimum atomic E-state index is 0.0381. The van der Waals surface area contributed by atoms with E-state index < -0.39 is 0 Å². The van der Waals surface area contributed by atoms with Crippen molar-refractivity contribution in [1.29, 1.82) is 0 Å². The molecule has 0 atom stereocenters. The number of carbonyl (C=O) groups is 1. The predicted octanol–water partition coefficient (Wildman–Crippen LogP) is 1.85. The Kier molecular flexibility index (Phi) is 6.41. The van der Waals surface area contributed by atoms with E-state index in [2.05, 4.69) is 5.32 Å². The summed E-state index contributed by atoms with van der Waals surface area (Å²) in [5.41, 5.74) is 0. The molecule has 15 heavy (non-hydrogen) atoms. The molecule has 0 aliphatic heterocycles. The topological polar surface area (TPSA) is 49.3 Å². The summed E-state index contributed by atoms with van der Waals surface area (Å²) in [6.45, 7) is 0.433. The zero-order valence-electron chi connectivity index (χ0n) is 9.50. The second-order valence-corrected chi connectivity index (χ2v) is 4.49. The number of hydrogen-bond donors (Lipinski definition) is 2. The molecule has 3 heteroatoms. The fourth-order valence-electron chi connectivity index (χ4n) is 2.27. The van der Waals surface area contributed by atoms with E-state index in [1.54, 1.807) is 0 Å². The van der Waals surface area contributed by atoms with E-state index in [-0.39, 0.29) is 12.5 Å². The van der Waals surface area contributed by atoms with Crippen LogP contribution in [0.4, 0.5) is 0 Å². The second kappa shape index (κ2) is 7.69. The minimum absolute atomic E-state index is 0.0381. The van der Waals surface area contributed by atoms with Crippen LogP contribution in [-0.2, 0) is 4.79 Å². The fraction of sp³-hybridized carbons (Fsp3) is 0.917. The van der Waals surface area contributed by atoms with E-state index in [0.717, 1.165) is 0 Å². The van der Waals surface area contributed by atoms with Crippen molar-refractivity contribution in [3.63, 3.8) is 0 Å². The Labute approximate surface area is 92.3 Å². The molecule has 1 aliphatic carbocycles. The summed E-state index contributed by atoms with van der Waals surface area (Å²) in [5, 5.41) is 11.3. The van der Waals surface area contributed by atoms with Crippen LogP contribution in [0.5, 0.6) is 0 Å². The van der Waals surface area contributed by atoms with Gasteiger partial charge in [0.25, 0.3) is 0 Å². The fourth-order valence-corrected chi connectivity index (χ4v) is 2.27. The van der Waals surface area contributed by atoms with Gasteiger partial charge in [-0.15, -0.1) is 0 Å². The third-order valence-corrected chi connectivity index (χ3v) is 3.13. The molecule has 2 N–H and O–H groups in total. The summed E-state index contributed by atoms with van der Waals surface area (Å²) >= 11 is 0. The van der Waals surface area contributed by atoms with Gasteiger partial charge >= 0.3 is 0 Å². The van der Waals surface area contributed by atoms with Gasteiger partial charge in [0.15, 0.2) is 0 Å². The summed E-state index contributed by atoms with van der Waals surface area (Å²) < 4.78 is 0. The Balaban J connectivity index is 2.19. The quantitative estimate of drug-likeness (QED) is 0.748. The highest BCUT2D eigenvalue weighted by Gasteiger charge is 2.14. The van der Waals surface area contributed by atoms with Crippen LogP contribution < -0.4 is 5.32 Å². The van der Waals surface area contributed by atoms with Crippen molar-refractivity contribution >= 4 is 5.91 Å².